The maximum absolute atomic E-state index is 12.2. The Labute approximate surface area is 178 Å². The summed E-state index contributed by atoms with van der Waals surface area (Å²) in [5, 5.41) is 3.36. The molecule has 6 heteroatoms. The van der Waals surface area contributed by atoms with E-state index < -0.39 is 0 Å². The first-order valence-electron chi connectivity index (χ1n) is 9.40. The van der Waals surface area contributed by atoms with Crippen molar-refractivity contribution < 1.29 is 14.3 Å². The van der Waals surface area contributed by atoms with Crippen LogP contribution < -0.4 is 14.8 Å². The number of nitrogens with one attached hydrogen (secondary N) is 1. The molecule has 0 radical (unpaired) electrons. The normalized spacial score (nSPS) is 11.0. The minimum Gasteiger partial charge on any atom is -0.497 e. The van der Waals surface area contributed by atoms with Gasteiger partial charge >= 0.3 is 0 Å². The van der Waals surface area contributed by atoms with E-state index in [1.54, 1.807) is 13.2 Å². The molecule has 0 aliphatic rings. The molecular weight excluding hydrogens is 396 g/mol. The second-order valence-electron chi connectivity index (χ2n) is 6.52. The summed E-state index contributed by atoms with van der Waals surface area (Å²) < 4.78 is 12.0. The molecule has 0 atom stereocenters. The van der Waals surface area contributed by atoms with E-state index >= 15 is 0 Å². The molecule has 5 nitrogen and oxygen atoms in total. The highest BCUT2D eigenvalue weighted by Gasteiger charge is 2.07. The number of ether oxygens (including phenoxy) is 2. The van der Waals surface area contributed by atoms with Crippen molar-refractivity contribution in [3.63, 3.8) is 0 Å². The number of aromatic nitrogens is 1. The Morgan fingerprint density at radius 2 is 1.80 bits per heavy atom. The zero-order valence-corrected chi connectivity index (χ0v) is 17.2. The molecule has 0 bridgehead atoms. The first kappa shape index (κ1) is 19.7. The summed E-state index contributed by atoms with van der Waals surface area (Å²) in [5.74, 6) is 1.32. The zero-order chi connectivity index (χ0) is 20.8. The molecule has 30 heavy (non-hydrogen) atoms. The third-order valence-corrected chi connectivity index (χ3v) is 5.31. The molecule has 0 saturated carbocycles. The number of anilines is 1. The first-order chi connectivity index (χ1) is 14.7. The van der Waals surface area contributed by atoms with Crippen molar-refractivity contribution in [2.45, 2.75) is 6.61 Å². The van der Waals surface area contributed by atoms with Crippen LogP contribution in [0, 0.1) is 0 Å². The van der Waals surface area contributed by atoms with E-state index in [2.05, 4.69) is 10.3 Å². The fourth-order valence-corrected chi connectivity index (χ4v) is 3.72. The van der Waals surface area contributed by atoms with Crippen molar-refractivity contribution in [2.75, 3.05) is 12.4 Å². The molecule has 0 unspecified atom stereocenters. The maximum atomic E-state index is 12.2. The van der Waals surface area contributed by atoms with Gasteiger partial charge in [0.1, 0.15) is 18.1 Å². The lowest BCUT2D eigenvalue weighted by atomic mass is 10.2. The zero-order valence-electron chi connectivity index (χ0n) is 16.4. The van der Waals surface area contributed by atoms with Gasteiger partial charge < -0.3 is 9.47 Å². The standard InChI is InChI=1S/C24H20N2O3S/c1-28-20-12-13-21-22(15-20)30-24(25-21)26-23(27)14-9-17-7-10-19(11-8-17)29-16-18-5-3-2-4-6-18/h2-15H,16H2,1H3,(H,25,26,27)/b14-9+. The van der Waals surface area contributed by atoms with Gasteiger partial charge in [-0.1, -0.05) is 53.8 Å². The van der Waals surface area contributed by atoms with Gasteiger partial charge in [-0.2, -0.15) is 0 Å². The Hall–Kier alpha value is -3.64. The summed E-state index contributed by atoms with van der Waals surface area (Å²) in [4.78, 5) is 16.7. The van der Waals surface area contributed by atoms with Crippen molar-refractivity contribution in [1.29, 1.82) is 0 Å². The molecule has 0 aliphatic carbocycles. The largest absolute Gasteiger partial charge is 0.497 e. The Kier molecular flexibility index (Phi) is 6.06. The van der Waals surface area contributed by atoms with Crippen LogP contribution in [0.25, 0.3) is 16.3 Å². The average Bonchev–Trinajstić information content (AvgIpc) is 3.19. The molecule has 1 amide bonds. The van der Waals surface area contributed by atoms with E-state index in [1.807, 2.05) is 72.8 Å². The van der Waals surface area contributed by atoms with E-state index in [1.165, 1.54) is 17.4 Å². The SMILES string of the molecule is COc1ccc2nc(NC(=O)/C=C/c3ccc(OCc4ccccc4)cc3)sc2c1. The van der Waals surface area contributed by atoms with Gasteiger partial charge in [0.2, 0.25) is 5.91 Å². The van der Waals surface area contributed by atoms with Crippen molar-refractivity contribution in [3.05, 3.63) is 90.0 Å². The number of nitrogens with zero attached hydrogens (tertiary/aromatic N) is 1. The minimum atomic E-state index is -0.231. The van der Waals surface area contributed by atoms with E-state index in [4.69, 9.17) is 9.47 Å². The molecule has 3 aromatic carbocycles. The van der Waals surface area contributed by atoms with Gasteiger partial charge in [-0.15, -0.1) is 0 Å². The van der Waals surface area contributed by atoms with Gasteiger partial charge in [0.25, 0.3) is 0 Å². The summed E-state index contributed by atoms with van der Waals surface area (Å²) in [6, 6.07) is 23.2. The number of thiazole rings is 1. The van der Waals surface area contributed by atoms with Crippen molar-refractivity contribution in [2.24, 2.45) is 0 Å². The Morgan fingerprint density at radius 1 is 1.03 bits per heavy atom. The molecular formula is C24H20N2O3S. The topological polar surface area (TPSA) is 60.5 Å². The number of benzene rings is 3. The summed E-state index contributed by atoms with van der Waals surface area (Å²) in [5.41, 5.74) is 2.85. The average molecular weight is 417 g/mol. The number of fused-ring (bicyclic) bond motifs is 1. The lowest BCUT2D eigenvalue weighted by Gasteiger charge is -2.06. The van der Waals surface area contributed by atoms with Crippen LogP contribution in [0.15, 0.2) is 78.9 Å². The van der Waals surface area contributed by atoms with E-state index in [0.717, 1.165) is 32.8 Å². The lowest BCUT2D eigenvalue weighted by molar-refractivity contribution is -0.111. The number of amides is 1. The second kappa shape index (κ2) is 9.24. The monoisotopic (exact) mass is 416 g/mol. The second-order valence-corrected chi connectivity index (χ2v) is 7.55. The van der Waals surface area contributed by atoms with Gasteiger partial charge in [0.05, 0.1) is 17.3 Å². The molecule has 0 saturated heterocycles. The smallest absolute Gasteiger partial charge is 0.250 e. The van der Waals surface area contributed by atoms with E-state index in [-0.39, 0.29) is 5.91 Å². The number of methoxy groups -OCH3 is 1. The van der Waals surface area contributed by atoms with Crippen molar-refractivity contribution in [1.82, 2.24) is 4.98 Å². The van der Waals surface area contributed by atoms with E-state index in [0.29, 0.717) is 11.7 Å². The van der Waals surface area contributed by atoms with Crippen LogP contribution in [0.5, 0.6) is 11.5 Å². The van der Waals surface area contributed by atoms with Crippen LogP contribution in [0.2, 0.25) is 0 Å². The highest BCUT2D eigenvalue weighted by atomic mass is 32.1. The first-order valence-corrected chi connectivity index (χ1v) is 10.2. The predicted molar refractivity (Wildman–Crippen MR) is 121 cm³/mol. The molecule has 0 aliphatic heterocycles. The van der Waals surface area contributed by atoms with Crippen molar-refractivity contribution >= 4 is 38.7 Å². The lowest BCUT2D eigenvalue weighted by Crippen LogP contribution is -2.07. The highest BCUT2D eigenvalue weighted by Crippen LogP contribution is 2.29. The summed E-state index contributed by atoms with van der Waals surface area (Å²) in [7, 11) is 1.62. The maximum Gasteiger partial charge on any atom is 0.250 e. The van der Waals surface area contributed by atoms with Crippen LogP contribution in [-0.4, -0.2) is 18.0 Å². The summed E-state index contributed by atoms with van der Waals surface area (Å²) in [6.07, 6.45) is 3.25. The van der Waals surface area contributed by atoms with Crippen LogP contribution in [0.1, 0.15) is 11.1 Å². The molecule has 0 spiro atoms. The molecule has 1 aromatic heterocycles. The van der Waals surface area contributed by atoms with Gasteiger partial charge in [0, 0.05) is 6.08 Å². The van der Waals surface area contributed by atoms with Crippen LogP contribution >= 0.6 is 11.3 Å². The van der Waals surface area contributed by atoms with Crippen LogP contribution in [0.3, 0.4) is 0 Å². The third-order valence-electron chi connectivity index (χ3n) is 4.38. The van der Waals surface area contributed by atoms with Gasteiger partial charge in [-0.25, -0.2) is 4.98 Å². The quantitative estimate of drug-likeness (QED) is 0.402. The molecule has 1 N–H and O–H groups in total. The van der Waals surface area contributed by atoms with Gasteiger partial charge in [0.15, 0.2) is 5.13 Å². The minimum absolute atomic E-state index is 0.231. The molecule has 150 valence electrons. The number of rotatable bonds is 7. The van der Waals surface area contributed by atoms with Crippen molar-refractivity contribution in [3.8, 4) is 11.5 Å². The van der Waals surface area contributed by atoms with Crippen LogP contribution in [0.4, 0.5) is 5.13 Å². The number of carbonyl (C=O) groups is 1. The number of hydrogen-bond acceptors (Lipinski definition) is 5. The fourth-order valence-electron chi connectivity index (χ4n) is 2.82. The molecule has 0 fully saturated rings. The van der Waals surface area contributed by atoms with Crippen LogP contribution in [-0.2, 0) is 11.4 Å². The fraction of sp³-hybridized carbons (Fsp3) is 0.0833. The molecule has 4 rings (SSSR count). The summed E-state index contributed by atoms with van der Waals surface area (Å²) >= 11 is 1.41. The predicted octanol–water partition coefficient (Wildman–Crippen LogP) is 5.54. The molecule has 4 aromatic rings. The van der Waals surface area contributed by atoms with Gasteiger partial charge in [-0.05, 0) is 47.5 Å². The van der Waals surface area contributed by atoms with E-state index in [9.17, 15) is 4.79 Å². The third kappa shape index (κ3) is 5.04. The Bertz CT molecular complexity index is 1170. The molecule has 1 heterocycles. The summed E-state index contributed by atoms with van der Waals surface area (Å²) in [6.45, 7) is 0.520. The Balaban J connectivity index is 1.33. The Morgan fingerprint density at radius 3 is 2.57 bits per heavy atom. The highest BCUT2D eigenvalue weighted by molar-refractivity contribution is 7.22. The number of carbonyl (C=O) groups excluding carboxylic acids is 1. The van der Waals surface area contributed by atoms with Gasteiger partial charge in [-0.3, -0.25) is 10.1 Å². The number of hydrogen-bond donors (Lipinski definition) is 1.